The molecule has 1 rings (SSSR count). The summed E-state index contributed by atoms with van der Waals surface area (Å²) in [5.74, 6) is -1.11. The smallest absolute Gasteiger partial charge is 0.435 e. The third kappa shape index (κ3) is 4.55. The number of ether oxygens (including phenoxy) is 1. The fraction of sp³-hybridized carbons (Fsp3) is 0.750. The van der Waals surface area contributed by atoms with Crippen molar-refractivity contribution in [2.75, 3.05) is 19.1 Å². The lowest BCUT2D eigenvalue weighted by Gasteiger charge is -2.31. The maximum Gasteiger partial charge on any atom is 0.521 e. The first kappa shape index (κ1) is 19.2. The first-order chi connectivity index (χ1) is 10.7. The van der Waals surface area contributed by atoms with E-state index in [2.05, 4.69) is 9.57 Å². The first-order valence-electron chi connectivity index (χ1n) is 6.94. The molecular formula is C12H19N2O8S+. The third-order valence-corrected chi connectivity index (χ3v) is 4.85. The number of nitrogens with zero attached hydrogens (tertiary/aromatic N) is 2. The number of rotatable bonds is 6. The number of quaternary nitrogens is 1. The van der Waals surface area contributed by atoms with Crippen LogP contribution in [0.4, 0.5) is 9.59 Å². The van der Waals surface area contributed by atoms with Crippen LogP contribution in [0.5, 0.6) is 0 Å². The maximum atomic E-state index is 12.5. The summed E-state index contributed by atoms with van der Waals surface area (Å²) in [5.41, 5.74) is 0. The number of carbonyl (C=O) groups is 3. The quantitative estimate of drug-likeness (QED) is 0.250. The van der Waals surface area contributed by atoms with Gasteiger partial charge in [0.2, 0.25) is 6.79 Å². The van der Waals surface area contributed by atoms with Gasteiger partial charge in [-0.3, -0.25) is 4.84 Å². The maximum absolute atomic E-state index is 12.5. The van der Waals surface area contributed by atoms with Crippen LogP contribution in [0.1, 0.15) is 26.7 Å². The van der Waals surface area contributed by atoms with Crippen molar-refractivity contribution in [3.8, 4) is 0 Å². The lowest BCUT2D eigenvalue weighted by Crippen LogP contribution is -2.60. The Hall–Kier alpha value is -1.88. The molecule has 1 aliphatic heterocycles. The topological polar surface area (TPSA) is 133 Å². The van der Waals surface area contributed by atoms with Gasteiger partial charge in [0, 0.05) is 18.6 Å². The Morgan fingerprint density at radius 3 is 2.61 bits per heavy atom. The zero-order chi connectivity index (χ0) is 17.6. The number of likely N-dealkylation sites (tertiary alicyclic amines) is 1. The highest BCUT2D eigenvalue weighted by Crippen LogP contribution is 2.31. The second-order valence-electron chi connectivity index (χ2n) is 5.28. The van der Waals surface area contributed by atoms with E-state index in [0.717, 1.165) is 0 Å². The number of imide groups is 1. The van der Waals surface area contributed by atoms with E-state index >= 15 is 0 Å². The Morgan fingerprint density at radius 1 is 1.48 bits per heavy atom. The van der Waals surface area contributed by atoms with Crippen molar-refractivity contribution in [3.05, 3.63) is 10.1 Å². The van der Waals surface area contributed by atoms with Gasteiger partial charge in [-0.15, -0.1) is 10.1 Å². The standard InChI is InChI=1S/C12H18N2O8S/c1-8(6-23-12(18)21-7-22-13(19)20)10(15)14(11(16)17)5-3-4-9(14)2/h8-9H,3-7H2,1-2H3/p+1/t8-,9-,14?/m1/s1. The fourth-order valence-corrected chi connectivity index (χ4v) is 3.26. The molecule has 1 N–H and O–H groups in total. The van der Waals surface area contributed by atoms with Crippen molar-refractivity contribution >= 4 is 29.1 Å². The lowest BCUT2D eigenvalue weighted by molar-refractivity contribution is -0.793. The summed E-state index contributed by atoms with van der Waals surface area (Å²) >= 11 is 0.647. The average molecular weight is 351 g/mol. The van der Waals surface area contributed by atoms with Crippen LogP contribution < -0.4 is 0 Å². The monoisotopic (exact) mass is 351 g/mol. The van der Waals surface area contributed by atoms with E-state index in [9.17, 15) is 29.6 Å². The number of hydrogen-bond acceptors (Lipinski definition) is 8. The predicted molar refractivity (Wildman–Crippen MR) is 77.9 cm³/mol. The van der Waals surface area contributed by atoms with E-state index < -0.39 is 39.6 Å². The minimum absolute atomic E-state index is 0.0239. The van der Waals surface area contributed by atoms with Gasteiger partial charge in [-0.05, 0) is 25.6 Å². The predicted octanol–water partition coefficient (Wildman–Crippen LogP) is 1.86. The van der Waals surface area contributed by atoms with Gasteiger partial charge in [0.1, 0.15) is 6.04 Å². The minimum atomic E-state index is -1.18. The molecule has 1 saturated heterocycles. The van der Waals surface area contributed by atoms with E-state index in [1.807, 2.05) is 0 Å². The Balaban J connectivity index is 2.55. The van der Waals surface area contributed by atoms with Crippen LogP contribution in [0.3, 0.4) is 0 Å². The zero-order valence-electron chi connectivity index (χ0n) is 12.8. The normalized spacial score (nSPS) is 24.7. The average Bonchev–Trinajstić information content (AvgIpc) is 2.86. The van der Waals surface area contributed by atoms with Crippen molar-refractivity contribution in [2.45, 2.75) is 32.7 Å². The van der Waals surface area contributed by atoms with Gasteiger partial charge >= 0.3 is 17.3 Å². The van der Waals surface area contributed by atoms with Crippen LogP contribution in [-0.4, -0.2) is 57.1 Å². The number of thioether (sulfide) groups is 1. The summed E-state index contributed by atoms with van der Waals surface area (Å²) < 4.78 is 3.81. The third-order valence-electron chi connectivity index (χ3n) is 3.83. The largest absolute Gasteiger partial charge is 0.521 e. The van der Waals surface area contributed by atoms with Crippen LogP contribution in [0.15, 0.2) is 0 Å². The molecule has 10 nitrogen and oxygen atoms in total. The molecule has 3 atom stereocenters. The highest BCUT2D eigenvalue weighted by atomic mass is 32.2. The van der Waals surface area contributed by atoms with Gasteiger partial charge in [-0.25, -0.2) is 9.59 Å². The Labute approximate surface area is 136 Å². The van der Waals surface area contributed by atoms with Crippen LogP contribution in [0, 0.1) is 16.0 Å². The Kier molecular flexibility index (Phi) is 6.76. The molecule has 130 valence electrons. The molecular weight excluding hydrogens is 332 g/mol. The van der Waals surface area contributed by atoms with E-state index in [1.165, 1.54) is 0 Å². The van der Waals surface area contributed by atoms with Gasteiger partial charge in [0.05, 0.1) is 12.5 Å². The molecule has 0 aliphatic carbocycles. The molecule has 11 heteroatoms. The van der Waals surface area contributed by atoms with Crippen molar-refractivity contribution < 1.29 is 38.6 Å². The number of carbonyl (C=O) groups excluding carboxylic acids is 2. The van der Waals surface area contributed by atoms with Crippen molar-refractivity contribution in [3.63, 3.8) is 0 Å². The van der Waals surface area contributed by atoms with Gasteiger partial charge in [0.25, 0.3) is 5.09 Å². The van der Waals surface area contributed by atoms with E-state index in [-0.39, 0.29) is 18.3 Å². The minimum Gasteiger partial charge on any atom is -0.435 e. The number of carboxylic acid groups (broad SMARTS) is 1. The molecule has 2 amide bonds. The lowest BCUT2D eigenvalue weighted by atomic mass is 10.1. The summed E-state index contributed by atoms with van der Waals surface area (Å²) in [4.78, 5) is 49.2. The first-order valence-corrected chi connectivity index (χ1v) is 7.93. The second-order valence-corrected chi connectivity index (χ2v) is 6.24. The van der Waals surface area contributed by atoms with Gasteiger partial charge < -0.3 is 9.84 Å². The second kappa shape index (κ2) is 8.11. The van der Waals surface area contributed by atoms with E-state index in [1.54, 1.807) is 13.8 Å². The van der Waals surface area contributed by atoms with Gasteiger partial charge in [-0.1, -0.05) is 0 Å². The molecule has 0 bridgehead atoms. The number of hydrogen-bond donors (Lipinski definition) is 1. The molecule has 0 aromatic heterocycles. The zero-order valence-corrected chi connectivity index (χ0v) is 13.6. The fourth-order valence-electron chi connectivity index (χ4n) is 2.60. The van der Waals surface area contributed by atoms with Crippen LogP contribution in [0.2, 0.25) is 0 Å². The van der Waals surface area contributed by atoms with Crippen molar-refractivity contribution in [1.29, 1.82) is 0 Å². The highest BCUT2D eigenvalue weighted by molar-refractivity contribution is 8.13. The number of amides is 2. The SMILES string of the molecule is C[C@H](CSC(=O)OCO[N+](=O)[O-])C(=O)[N+]1(C(=O)O)CCC[C@H]1C. The molecule has 0 radical (unpaired) electrons. The van der Waals surface area contributed by atoms with Crippen LogP contribution in [0.25, 0.3) is 0 Å². The summed E-state index contributed by atoms with van der Waals surface area (Å²) in [7, 11) is 0. The van der Waals surface area contributed by atoms with E-state index in [0.29, 0.717) is 24.6 Å². The molecule has 0 aromatic carbocycles. The van der Waals surface area contributed by atoms with Gasteiger partial charge in [0.15, 0.2) is 0 Å². The molecule has 1 unspecified atom stereocenters. The Morgan fingerprint density at radius 2 is 2.13 bits per heavy atom. The van der Waals surface area contributed by atoms with Crippen LogP contribution >= 0.6 is 11.8 Å². The molecule has 23 heavy (non-hydrogen) atoms. The summed E-state index contributed by atoms with van der Waals surface area (Å²) in [6.45, 7) is 2.69. The Bertz CT molecular complexity index is 499. The summed E-state index contributed by atoms with van der Waals surface area (Å²) in [6, 6.07) is -0.312. The summed E-state index contributed by atoms with van der Waals surface area (Å²) in [6.07, 6.45) is 0.121. The molecule has 1 aliphatic rings. The summed E-state index contributed by atoms with van der Waals surface area (Å²) in [5, 5.41) is 17.4. The van der Waals surface area contributed by atoms with E-state index in [4.69, 9.17) is 0 Å². The molecule has 0 saturated carbocycles. The van der Waals surface area contributed by atoms with Crippen LogP contribution in [-0.2, 0) is 14.4 Å². The molecule has 1 heterocycles. The molecule has 0 aromatic rings. The van der Waals surface area contributed by atoms with Crippen molar-refractivity contribution in [1.82, 2.24) is 0 Å². The van der Waals surface area contributed by atoms with Gasteiger partial charge in [-0.2, -0.15) is 9.28 Å². The highest BCUT2D eigenvalue weighted by Gasteiger charge is 2.54. The molecule has 1 fully saturated rings. The van der Waals surface area contributed by atoms with Crippen molar-refractivity contribution in [2.24, 2.45) is 5.92 Å². The molecule has 0 spiro atoms.